The number of nitrogens with zero attached hydrogens (tertiary/aromatic N) is 3. The molecule has 0 aliphatic carbocycles. The van der Waals surface area contributed by atoms with Gasteiger partial charge in [0.15, 0.2) is 0 Å². The summed E-state index contributed by atoms with van der Waals surface area (Å²) in [6, 6.07) is 3.84. The third-order valence-electron chi connectivity index (χ3n) is 2.83. The maximum absolute atomic E-state index is 12.1. The van der Waals surface area contributed by atoms with Gasteiger partial charge in [-0.05, 0) is 18.2 Å². The van der Waals surface area contributed by atoms with Crippen molar-refractivity contribution < 1.29 is 23.2 Å². The first-order chi connectivity index (χ1) is 11.3. The lowest BCUT2D eigenvalue weighted by Gasteiger charge is -2.09. The standard InChI is InChI=1S/C13H11ClF2N4O4/c14-10-5-8(1-2-11(10)24-13(15)16)18-12(21)3-4-19-7-9(6-17-19)20(22)23/h1-2,5-7,13H,3-4H2,(H,18,21). The van der Waals surface area contributed by atoms with E-state index in [9.17, 15) is 23.7 Å². The molecule has 128 valence electrons. The Morgan fingerprint density at radius 2 is 2.25 bits per heavy atom. The molecule has 0 aliphatic heterocycles. The summed E-state index contributed by atoms with van der Waals surface area (Å²) >= 11 is 5.77. The van der Waals surface area contributed by atoms with Crippen LogP contribution in [0.25, 0.3) is 0 Å². The average Bonchev–Trinajstić information content (AvgIpc) is 2.97. The summed E-state index contributed by atoms with van der Waals surface area (Å²) in [5, 5.41) is 16.7. The molecule has 0 saturated carbocycles. The van der Waals surface area contributed by atoms with Gasteiger partial charge < -0.3 is 10.1 Å². The van der Waals surface area contributed by atoms with E-state index >= 15 is 0 Å². The van der Waals surface area contributed by atoms with Crippen molar-refractivity contribution in [2.24, 2.45) is 0 Å². The molecule has 0 radical (unpaired) electrons. The third kappa shape index (κ3) is 4.88. The van der Waals surface area contributed by atoms with Crippen molar-refractivity contribution in [2.75, 3.05) is 5.32 Å². The molecule has 0 saturated heterocycles. The minimum atomic E-state index is -3.00. The number of nitro groups is 1. The Morgan fingerprint density at radius 3 is 2.83 bits per heavy atom. The van der Waals surface area contributed by atoms with Crippen LogP contribution >= 0.6 is 11.6 Å². The van der Waals surface area contributed by atoms with E-state index in [0.717, 1.165) is 6.20 Å². The monoisotopic (exact) mass is 360 g/mol. The number of amides is 1. The van der Waals surface area contributed by atoms with Crippen LogP contribution < -0.4 is 10.1 Å². The van der Waals surface area contributed by atoms with Crippen molar-refractivity contribution in [3.63, 3.8) is 0 Å². The van der Waals surface area contributed by atoms with Crippen molar-refractivity contribution in [2.45, 2.75) is 19.6 Å². The number of hydrogen-bond acceptors (Lipinski definition) is 5. The number of ether oxygens (including phenoxy) is 1. The number of aromatic nitrogens is 2. The lowest BCUT2D eigenvalue weighted by atomic mass is 10.3. The smallest absolute Gasteiger partial charge is 0.387 e. The molecule has 1 N–H and O–H groups in total. The van der Waals surface area contributed by atoms with Gasteiger partial charge in [-0.2, -0.15) is 13.9 Å². The molecule has 0 atom stereocenters. The molecular weight excluding hydrogens is 350 g/mol. The SMILES string of the molecule is O=C(CCn1cc([N+](=O)[O-])cn1)Nc1ccc(OC(F)F)c(Cl)c1. The first kappa shape index (κ1) is 17.6. The van der Waals surface area contributed by atoms with E-state index in [1.54, 1.807) is 0 Å². The van der Waals surface area contributed by atoms with Crippen molar-refractivity contribution >= 4 is 28.9 Å². The summed E-state index contributed by atoms with van der Waals surface area (Å²) in [5.41, 5.74) is 0.134. The number of halogens is 3. The highest BCUT2D eigenvalue weighted by atomic mass is 35.5. The number of aryl methyl sites for hydroxylation is 1. The molecule has 11 heteroatoms. The molecule has 2 aromatic rings. The van der Waals surface area contributed by atoms with Gasteiger partial charge in [-0.1, -0.05) is 11.6 Å². The molecule has 24 heavy (non-hydrogen) atoms. The second kappa shape index (κ2) is 7.68. The highest BCUT2D eigenvalue weighted by Gasteiger charge is 2.12. The lowest BCUT2D eigenvalue weighted by Crippen LogP contribution is -2.14. The Labute approximate surface area is 139 Å². The first-order valence-corrected chi connectivity index (χ1v) is 6.94. The zero-order valence-electron chi connectivity index (χ0n) is 12.0. The van der Waals surface area contributed by atoms with Gasteiger partial charge in [0.25, 0.3) is 0 Å². The summed E-state index contributed by atoms with van der Waals surface area (Å²) in [7, 11) is 0. The number of anilines is 1. The van der Waals surface area contributed by atoms with Gasteiger partial charge in [0.1, 0.15) is 18.1 Å². The Balaban J connectivity index is 1.89. The minimum Gasteiger partial charge on any atom is -0.433 e. The predicted octanol–water partition coefficient (Wildman–Crippen LogP) is 3.07. The summed E-state index contributed by atoms with van der Waals surface area (Å²) in [6.07, 6.45) is 2.30. The number of nitrogens with one attached hydrogen (secondary N) is 1. The fourth-order valence-electron chi connectivity index (χ4n) is 1.78. The number of alkyl halides is 2. The summed E-state index contributed by atoms with van der Waals surface area (Å²) < 4.78 is 29.7. The van der Waals surface area contributed by atoms with Crippen molar-refractivity contribution in [1.29, 1.82) is 0 Å². The highest BCUT2D eigenvalue weighted by Crippen LogP contribution is 2.28. The molecule has 1 heterocycles. The van der Waals surface area contributed by atoms with Gasteiger partial charge in [-0.25, -0.2) is 0 Å². The fraction of sp³-hybridized carbons (Fsp3) is 0.231. The van der Waals surface area contributed by atoms with Gasteiger partial charge >= 0.3 is 12.3 Å². The van der Waals surface area contributed by atoms with Gasteiger partial charge in [0.05, 0.1) is 9.95 Å². The number of carbonyl (C=O) groups is 1. The average molecular weight is 361 g/mol. The molecular formula is C13H11ClF2N4O4. The molecule has 0 spiro atoms. The molecule has 0 aliphatic rings. The van der Waals surface area contributed by atoms with Crippen molar-refractivity contribution in [3.8, 4) is 5.75 Å². The topological polar surface area (TPSA) is 99.3 Å². The molecule has 2 rings (SSSR count). The fourth-order valence-corrected chi connectivity index (χ4v) is 2.00. The molecule has 0 unspecified atom stereocenters. The second-order valence-electron chi connectivity index (χ2n) is 4.54. The van der Waals surface area contributed by atoms with Crippen LogP contribution in [0.5, 0.6) is 5.75 Å². The summed E-state index contributed by atoms with van der Waals surface area (Å²) in [5.74, 6) is -0.597. The molecule has 1 aromatic heterocycles. The molecule has 1 amide bonds. The van der Waals surface area contributed by atoms with E-state index < -0.39 is 17.4 Å². The second-order valence-corrected chi connectivity index (χ2v) is 4.95. The molecule has 0 bridgehead atoms. The van der Waals surface area contributed by atoms with Crippen LogP contribution in [-0.2, 0) is 11.3 Å². The van der Waals surface area contributed by atoms with Gasteiger partial charge in [0.2, 0.25) is 5.91 Å². The normalized spacial score (nSPS) is 10.7. The highest BCUT2D eigenvalue weighted by molar-refractivity contribution is 6.32. The number of hydrogen-bond donors (Lipinski definition) is 1. The largest absolute Gasteiger partial charge is 0.433 e. The van der Waals surface area contributed by atoms with Crippen LogP contribution in [0, 0.1) is 10.1 Å². The minimum absolute atomic E-state index is 0.00569. The maximum Gasteiger partial charge on any atom is 0.387 e. The van der Waals surface area contributed by atoms with Gasteiger partial charge in [-0.3, -0.25) is 19.6 Å². The first-order valence-electron chi connectivity index (χ1n) is 6.56. The number of benzene rings is 1. The number of rotatable bonds is 7. The van der Waals surface area contributed by atoms with E-state index in [-0.39, 0.29) is 29.4 Å². The van der Waals surface area contributed by atoms with Gasteiger partial charge in [-0.15, -0.1) is 0 Å². The van der Waals surface area contributed by atoms with Crippen molar-refractivity contribution in [1.82, 2.24) is 9.78 Å². The Morgan fingerprint density at radius 1 is 1.50 bits per heavy atom. The molecule has 0 fully saturated rings. The lowest BCUT2D eigenvalue weighted by molar-refractivity contribution is -0.385. The maximum atomic E-state index is 12.1. The Kier molecular flexibility index (Phi) is 5.64. The molecule has 8 nitrogen and oxygen atoms in total. The van der Waals surface area contributed by atoms with E-state index in [1.807, 2.05) is 0 Å². The van der Waals surface area contributed by atoms with E-state index in [0.29, 0.717) is 5.69 Å². The van der Waals surface area contributed by atoms with Crippen LogP contribution in [0.4, 0.5) is 20.2 Å². The predicted molar refractivity (Wildman–Crippen MR) is 80.2 cm³/mol. The molecule has 1 aromatic carbocycles. The van der Waals surface area contributed by atoms with Crippen LogP contribution in [0.1, 0.15) is 6.42 Å². The van der Waals surface area contributed by atoms with E-state index in [2.05, 4.69) is 15.2 Å². The zero-order chi connectivity index (χ0) is 17.7. The Hall–Kier alpha value is -2.75. The van der Waals surface area contributed by atoms with Crippen LogP contribution in [0.15, 0.2) is 30.6 Å². The zero-order valence-corrected chi connectivity index (χ0v) is 12.7. The van der Waals surface area contributed by atoms with Crippen LogP contribution in [0.3, 0.4) is 0 Å². The van der Waals surface area contributed by atoms with Crippen molar-refractivity contribution in [3.05, 3.63) is 45.7 Å². The summed E-state index contributed by atoms with van der Waals surface area (Å²) in [6.45, 7) is -2.86. The summed E-state index contributed by atoms with van der Waals surface area (Å²) in [4.78, 5) is 21.8. The van der Waals surface area contributed by atoms with Crippen LogP contribution in [-0.4, -0.2) is 27.2 Å². The number of carbonyl (C=O) groups excluding carboxylic acids is 1. The van der Waals surface area contributed by atoms with E-state index in [1.165, 1.54) is 29.1 Å². The van der Waals surface area contributed by atoms with E-state index in [4.69, 9.17) is 11.6 Å². The quantitative estimate of drug-likeness (QED) is 0.604. The Bertz CT molecular complexity index is 753. The van der Waals surface area contributed by atoms with Gasteiger partial charge in [0, 0.05) is 18.7 Å². The third-order valence-corrected chi connectivity index (χ3v) is 3.13. The van der Waals surface area contributed by atoms with Crippen LogP contribution in [0.2, 0.25) is 5.02 Å².